The Hall–Kier alpha value is -2.99. The van der Waals surface area contributed by atoms with Crippen molar-refractivity contribution in [1.29, 1.82) is 0 Å². The van der Waals surface area contributed by atoms with Gasteiger partial charge in [0.05, 0.1) is 30.3 Å². The summed E-state index contributed by atoms with van der Waals surface area (Å²) in [5.74, 6) is -0.482. The number of benzene rings is 2. The number of carbonyl (C=O) groups is 2. The summed E-state index contributed by atoms with van der Waals surface area (Å²) >= 11 is 0. The SMILES string of the molecule is CC(=O)Nc1cccc(S(=O)(=O)NC(C[C@H](O)C(Cc2ccccc2)NC(=O)O[C@H]2CCOC2)C(C)C)c1. The lowest BCUT2D eigenvalue weighted by Gasteiger charge is -2.30. The van der Waals surface area contributed by atoms with Gasteiger partial charge in [0.15, 0.2) is 0 Å². The molecule has 38 heavy (non-hydrogen) atoms. The topological polar surface area (TPSA) is 143 Å². The second kappa shape index (κ2) is 13.7. The maximum atomic E-state index is 13.2. The number of amides is 2. The number of nitrogens with one attached hydrogen (secondary N) is 3. The normalized spacial score (nSPS) is 18.0. The lowest BCUT2D eigenvalue weighted by atomic mass is 9.92. The molecule has 4 atom stereocenters. The fourth-order valence-corrected chi connectivity index (χ4v) is 5.63. The van der Waals surface area contributed by atoms with Crippen LogP contribution in [-0.2, 0) is 30.7 Å². The maximum absolute atomic E-state index is 13.2. The monoisotopic (exact) mass is 547 g/mol. The van der Waals surface area contributed by atoms with Crippen LogP contribution in [0.1, 0.15) is 39.2 Å². The number of hydrogen-bond acceptors (Lipinski definition) is 7. The predicted octanol–water partition coefficient (Wildman–Crippen LogP) is 2.83. The molecule has 2 unspecified atom stereocenters. The van der Waals surface area contributed by atoms with Crippen LogP contribution in [0.5, 0.6) is 0 Å². The molecule has 208 valence electrons. The third-order valence-electron chi connectivity index (χ3n) is 6.30. The number of rotatable bonds is 12. The summed E-state index contributed by atoms with van der Waals surface area (Å²) in [5, 5.41) is 16.6. The molecule has 0 radical (unpaired) electrons. The van der Waals surface area contributed by atoms with Crippen molar-refractivity contribution in [2.75, 3.05) is 18.5 Å². The van der Waals surface area contributed by atoms with Gasteiger partial charge in [0, 0.05) is 25.1 Å². The van der Waals surface area contributed by atoms with Gasteiger partial charge in [0.1, 0.15) is 6.10 Å². The lowest BCUT2D eigenvalue weighted by Crippen LogP contribution is -2.49. The Labute approximate surface area is 224 Å². The standard InChI is InChI=1S/C27H37N3O7S/c1-18(2)24(30-38(34,35)23-11-7-10-21(15-23)28-19(3)31)16-26(32)25(14-20-8-5-4-6-9-20)29-27(33)37-22-12-13-36-17-22/h4-11,15,18,22,24-26,30,32H,12-14,16-17H2,1-3H3,(H,28,31)(H,29,33)/t22-,24?,25?,26-/m0/s1. The number of alkyl carbamates (subject to hydrolysis) is 1. The first-order valence-electron chi connectivity index (χ1n) is 12.7. The van der Waals surface area contributed by atoms with Gasteiger partial charge in [0.25, 0.3) is 0 Å². The number of sulfonamides is 1. The first-order valence-corrected chi connectivity index (χ1v) is 14.2. The highest BCUT2D eigenvalue weighted by atomic mass is 32.2. The number of carbonyl (C=O) groups excluding carboxylic acids is 2. The van der Waals surface area contributed by atoms with Crippen LogP contribution in [0.25, 0.3) is 0 Å². The molecular weight excluding hydrogens is 510 g/mol. The minimum atomic E-state index is -3.97. The minimum Gasteiger partial charge on any atom is -0.444 e. The van der Waals surface area contributed by atoms with Crippen LogP contribution in [0, 0.1) is 5.92 Å². The highest BCUT2D eigenvalue weighted by Crippen LogP contribution is 2.20. The van der Waals surface area contributed by atoms with Gasteiger partial charge in [-0.2, -0.15) is 0 Å². The third kappa shape index (κ3) is 9.09. The quantitative estimate of drug-likeness (QED) is 0.320. The maximum Gasteiger partial charge on any atom is 0.407 e. The average Bonchev–Trinajstić information content (AvgIpc) is 3.36. The molecule has 0 aliphatic carbocycles. The molecule has 10 nitrogen and oxygen atoms in total. The van der Waals surface area contributed by atoms with Crippen molar-refractivity contribution in [3.05, 3.63) is 60.2 Å². The molecule has 1 aliphatic heterocycles. The molecule has 4 N–H and O–H groups in total. The molecule has 0 bridgehead atoms. The number of aliphatic hydroxyl groups is 1. The molecule has 1 saturated heterocycles. The van der Waals surface area contributed by atoms with Crippen LogP contribution >= 0.6 is 0 Å². The second-order valence-corrected chi connectivity index (χ2v) is 11.5. The first-order chi connectivity index (χ1) is 18.0. The van der Waals surface area contributed by atoms with E-state index in [4.69, 9.17) is 9.47 Å². The van der Waals surface area contributed by atoms with Gasteiger partial charge in [-0.1, -0.05) is 50.2 Å². The summed E-state index contributed by atoms with van der Waals surface area (Å²) in [5.41, 5.74) is 1.26. The summed E-state index contributed by atoms with van der Waals surface area (Å²) < 4.78 is 39.8. The van der Waals surface area contributed by atoms with Crippen LogP contribution in [0.3, 0.4) is 0 Å². The fourth-order valence-electron chi connectivity index (χ4n) is 4.19. The molecule has 0 spiro atoms. The van der Waals surface area contributed by atoms with Crippen LogP contribution < -0.4 is 15.4 Å². The van der Waals surface area contributed by atoms with E-state index in [1.54, 1.807) is 12.1 Å². The van der Waals surface area contributed by atoms with Gasteiger partial charge in [-0.25, -0.2) is 17.9 Å². The Morgan fingerprint density at radius 1 is 1.11 bits per heavy atom. The average molecular weight is 548 g/mol. The van der Waals surface area contributed by atoms with Gasteiger partial charge < -0.3 is 25.2 Å². The molecule has 0 saturated carbocycles. The third-order valence-corrected chi connectivity index (χ3v) is 7.79. The molecule has 3 rings (SSSR count). The van der Waals surface area contributed by atoms with Crippen molar-refractivity contribution in [2.24, 2.45) is 5.92 Å². The Morgan fingerprint density at radius 3 is 2.47 bits per heavy atom. The van der Waals surface area contributed by atoms with Crippen molar-refractivity contribution in [1.82, 2.24) is 10.0 Å². The smallest absolute Gasteiger partial charge is 0.407 e. The molecule has 2 aromatic carbocycles. The van der Waals surface area contributed by atoms with Crippen molar-refractivity contribution < 1.29 is 32.6 Å². The van der Waals surface area contributed by atoms with Crippen LogP contribution in [0.15, 0.2) is 59.5 Å². The van der Waals surface area contributed by atoms with Gasteiger partial charge in [0.2, 0.25) is 15.9 Å². The Balaban J connectivity index is 1.74. The fraction of sp³-hybridized carbons (Fsp3) is 0.481. The van der Waals surface area contributed by atoms with E-state index in [0.717, 1.165) is 5.56 Å². The zero-order valence-corrected chi connectivity index (χ0v) is 22.7. The largest absolute Gasteiger partial charge is 0.444 e. The Kier molecular flexibility index (Phi) is 10.7. The van der Waals surface area contributed by atoms with Crippen molar-refractivity contribution in [3.8, 4) is 0 Å². The summed E-state index contributed by atoms with van der Waals surface area (Å²) in [6, 6.07) is 14.0. The predicted molar refractivity (Wildman–Crippen MR) is 143 cm³/mol. The van der Waals surface area contributed by atoms with Crippen molar-refractivity contribution in [2.45, 2.75) is 69.2 Å². The van der Waals surface area contributed by atoms with Crippen LogP contribution in [-0.4, -0.2) is 63.0 Å². The minimum absolute atomic E-state index is 0.00906. The van der Waals surface area contributed by atoms with E-state index in [9.17, 15) is 23.1 Å². The molecule has 0 aromatic heterocycles. The number of hydrogen-bond donors (Lipinski definition) is 4. The zero-order chi connectivity index (χ0) is 27.7. The summed E-state index contributed by atoms with van der Waals surface area (Å²) in [7, 11) is -3.97. The summed E-state index contributed by atoms with van der Waals surface area (Å²) in [6.45, 7) is 5.90. The Morgan fingerprint density at radius 2 is 1.84 bits per heavy atom. The molecule has 11 heteroatoms. The van der Waals surface area contributed by atoms with Gasteiger partial charge in [-0.15, -0.1) is 0 Å². The van der Waals surface area contributed by atoms with E-state index in [1.165, 1.54) is 19.1 Å². The molecule has 1 aliphatic rings. The van der Waals surface area contributed by atoms with E-state index in [0.29, 0.717) is 31.7 Å². The van der Waals surface area contributed by atoms with E-state index in [2.05, 4.69) is 15.4 Å². The molecule has 1 fully saturated rings. The van der Waals surface area contributed by atoms with Gasteiger partial charge >= 0.3 is 6.09 Å². The van der Waals surface area contributed by atoms with E-state index in [-0.39, 0.29) is 29.2 Å². The summed E-state index contributed by atoms with van der Waals surface area (Å²) in [4.78, 5) is 24.0. The number of ether oxygens (including phenoxy) is 2. The van der Waals surface area contributed by atoms with Crippen LogP contribution in [0.4, 0.5) is 10.5 Å². The van der Waals surface area contributed by atoms with Gasteiger partial charge in [-0.3, -0.25) is 4.79 Å². The van der Waals surface area contributed by atoms with Gasteiger partial charge in [-0.05, 0) is 42.5 Å². The first kappa shape index (κ1) is 29.6. The highest BCUT2D eigenvalue weighted by Gasteiger charge is 2.31. The number of aliphatic hydroxyl groups excluding tert-OH is 1. The molecular formula is C27H37N3O7S. The van der Waals surface area contributed by atoms with E-state index < -0.39 is 34.3 Å². The highest BCUT2D eigenvalue weighted by molar-refractivity contribution is 7.89. The van der Waals surface area contributed by atoms with E-state index in [1.807, 2.05) is 44.2 Å². The summed E-state index contributed by atoms with van der Waals surface area (Å²) in [6.07, 6.45) is -1.09. The molecule has 2 aromatic rings. The second-order valence-electron chi connectivity index (χ2n) is 9.82. The molecule has 1 heterocycles. The van der Waals surface area contributed by atoms with E-state index >= 15 is 0 Å². The van der Waals surface area contributed by atoms with Crippen molar-refractivity contribution >= 4 is 27.7 Å². The molecule has 2 amide bonds. The lowest BCUT2D eigenvalue weighted by molar-refractivity contribution is -0.114. The number of anilines is 1. The zero-order valence-electron chi connectivity index (χ0n) is 21.9. The van der Waals surface area contributed by atoms with Crippen LogP contribution in [0.2, 0.25) is 0 Å². The Bertz CT molecular complexity index is 1170. The van der Waals surface area contributed by atoms with Crippen molar-refractivity contribution in [3.63, 3.8) is 0 Å².